The molecule has 6 nitrogen and oxygen atoms in total. The molecule has 0 aromatic heterocycles. The van der Waals surface area contributed by atoms with E-state index in [0.717, 1.165) is 38.5 Å². The van der Waals surface area contributed by atoms with E-state index in [4.69, 9.17) is 4.74 Å². The first kappa shape index (κ1) is 67.6. The number of hydrogen-bond donors (Lipinski definition) is 3. The Morgan fingerprint density at radius 3 is 1.03 bits per heavy atom. The van der Waals surface area contributed by atoms with Crippen LogP contribution in [0.5, 0.6) is 0 Å². The van der Waals surface area contributed by atoms with Crippen LogP contribution in [0.4, 0.5) is 0 Å². The van der Waals surface area contributed by atoms with Crippen LogP contribution in [0.3, 0.4) is 0 Å². The molecule has 3 N–H and O–H groups in total. The molecule has 0 heterocycles. The van der Waals surface area contributed by atoms with E-state index in [1.807, 2.05) is 0 Å². The van der Waals surface area contributed by atoms with Gasteiger partial charge in [0.25, 0.3) is 0 Å². The van der Waals surface area contributed by atoms with Gasteiger partial charge in [0.05, 0.1) is 25.4 Å². The number of carbonyl (C=O) groups excluding carboxylic acids is 2. The largest absolute Gasteiger partial charge is 0.466 e. The average Bonchev–Trinajstić information content (AvgIpc) is 3.35. The van der Waals surface area contributed by atoms with Crippen molar-refractivity contribution in [1.82, 2.24) is 5.32 Å². The van der Waals surface area contributed by atoms with Gasteiger partial charge in [0.2, 0.25) is 5.91 Å². The van der Waals surface area contributed by atoms with Crippen LogP contribution in [0.15, 0.2) is 12.2 Å². The molecule has 0 radical (unpaired) electrons. The third kappa shape index (κ3) is 55.8. The summed E-state index contributed by atoms with van der Waals surface area (Å²) in [4.78, 5) is 24.5. The van der Waals surface area contributed by atoms with E-state index in [0.29, 0.717) is 25.9 Å². The van der Waals surface area contributed by atoms with Crippen LogP contribution < -0.4 is 5.32 Å². The summed E-state index contributed by atoms with van der Waals surface area (Å²) in [6.45, 7) is 4.96. The molecule has 69 heavy (non-hydrogen) atoms. The van der Waals surface area contributed by atoms with Gasteiger partial charge >= 0.3 is 5.97 Å². The summed E-state index contributed by atoms with van der Waals surface area (Å²) < 4.78 is 5.49. The third-order valence-corrected chi connectivity index (χ3v) is 14.8. The molecule has 0 aliphatic heterocycles. The lowest BCUT2D eigenvalue weighted by Crippen LogP contribution is -2.45. The molecule has 2 unspecified atom stereocenters. The minimum Gasteiger partial charge on any atom is -0.466 e. The van der Waals surface area contributed by atoms with Crippen LogP contribution in [0.25, 0.3) is 0 Å². The van der Waals surface area contributed by atoms with Crippen molar-refractivity contribution in [1.29, 1.82) is 0 Å². The molecule has 410 valence electrons. The predicted molar refractivity (Wildman–Crippen MR) is 301 cm³/mol. The van der Waals surface area contributed by atoms with Crippen molar-refractivity contribution in [2.24, 2.45) is 0 Å². The number of amides is 1. The Labute approximate surface area is 431 Å². The summed E-state index contributed by atoms with van der Waals surface area (Å²) >= 11 is 0. The molecule has 6 heteroatoms. The summed E-state index contributed by atoms with van der Waals surface area (Å²) in [5.41, 5.74) is 0. The monoisotopic (exact) mass is 974 g/mol. The summed E-state index contributed by atoms with van der Waals surface area (Å²) in [5.74, 6) is -0.0174. The smallest absolute Gasteiger partial charge is 0.305 e. The summed E-state index contributed by atoms with van der Waals surface area (Å²) in [6, 6.07) is -0.539. The Hall–Kier alpha value is -1.40. The van der Waals surface area contributed by atoms with Crippen molar-refractivity contribution in [3.63, 3.8) is 0 Å². The van der Waals surface area contributed by atoms with E-state index in [9.17, 15) is 19.8 Å². The third-order valence-electron chi connectivity index (χ3n) is 14.8. The quantitative estimate of drug-likeness (QED) is 0.0321. The van der Waals surface area contributed by atoms with Crippen LogP contribution in [0, 0.1) is 0 Å². The van der Waals surface area contributed by atoms with Gasteiger partial charge in [0.1, 0.15) is 0 Å². The van der Waals surface area contributed by atoms with E-state index < -0.39 is 12.1 Å². The first-order chi connectivity index (χ1) is 34.0. The Balaban J connectivity index is 3.34. The fourth-order valence-electron chi connectivity index (χ4n) is 9.99. The first-order valence-electron chi connectivity index (χ1n) is 31.4. The molecule has 0 rings (SSSR count). The van der Waals surface area contributed by atoms with Gasteiger partial charge in [-0.05, 0) is 51.4 Å². The van der Waals surface area contributed by atoms with Gasteiger partial charge in [-0.1, -0.05) is 302 Å². The van der Waals surface area contributed by atoms with Crippen LogP contribution in [-0.2, 0) is 14.3 Å². The zero-order chi connectivity index (χ0) is 50.0. The fraction of sp³-hybridized carbons (Fsp3) is 0.937. The average molecular weight is 975 g/mol. The van der Waals surface area contributed by atoms with Crippen LogP contribution in [0.2, 0.25) is 0 Å². The zero-order valence-corrected chi connectivity index (χ0v) is 46.8. The van der Waals surface area contributed by atoms with Gasteiger partial charge in [-0.3, -0.25) is 9.59 Å². The summed E-state index contributed by atoms with van der Waals surface area (Å²) in [6.07, 6.45) is 71.0. The Bertz CT molecular complexity index is 1030. The number of hydrogen-bond acceptors (Lipinski definition) is 5. The fourth-order valence-corrected chi connectivity index (χ4v) is 9.99. The number of rotatable bonds is 59. The normalized spacial score (nSPS) is 12.6. The topological polar surface area (TPSA) is 95.9 Å². The Morgan fingerprint density at radius 2 is 0.681 bits per heavy atom. The summed E-state index contributed by atoms with van der Waals surface area (Å²) in [5, 5.41) is 23.2. The Morgan fingerprint density at radius 1 is 0.391 bits per heavy atom. The van der Waals surface area contributed by atoms with E-state index >= 15 is 0 Å². The maximum absolute atomic E-state index is 12.4. The number of carbonyl (C=O) groups is 2. The molecule has 0 aliphatic rings. The van der Waals surface area contributed by atoms with Crippen molar-refractivity contribution in [3.8, 4) is 0 Å². The molecule has 0 aromatic rings. The van der Waals surface area contributed by atoms with Crippen molar-refractivity contribution in [2.45, 2.75) is 366 Å². The molecule has 2 atom stereocenters. The first-order valence-corrected chi connectivity index (χ1v) is 31.4. The van der Waals surface area contributed by atoms with E-state index in [1.165, 1.54) is 283 Å². The van der Waals surface area contributed by atoms with Gasteiger partial charge in [-0.15, -0.1) is 0 Å². The molecule has 0 bridgehead atoms. The Kier molecular flexibility index (Phi) is 58.0. The van der Waals surface area contributed by atoms with Gasteiger partial charge in [0, 0.05) is 12.8 Å². The van der Waals surface area contributed by atoms with Crippen LogP contribution >= 0.6 is 0 Å². The maximum atomic E-state index is 12.4. The van der Waals surface area contributed by atoms with E-state index in [-0.39, 0.29) is 18.5 Å². The number of ether oxygens (including phenoxy) is 1. The molecule has 0 aromatic carbocycles. The second kappa shape index (κ2) is 59.2. The van der Waals surface area contributed by atoms with Crippen molar-refractivity contribution in [2.75, 3.05) is 13.2 Å². The standard InChI is InChI=1S/C63H123NO5/c1-3-5-7-9-11-13-15-16-30-34-37-41-45-49-53-57-63(68)69-58-54-50-46-42-38-35-32-29-27-25-23-21-19-17-18-20-22-24-26-28-31-33-36-40-44-48-52-56-62(67)64-60(59-65)61(66)55-51-47-43-39-14-12-10-8-6-4-2/h17-18,60-61,65-66H,3-16,19-59H2,1-2H3,(H,64,67)/b18-17-. The predicted octanol–water partition coefficient (Wildman–Crippen LogP) is 19.6. The second-order valence-corrected chi connectivity index (χ2v) is 21.7. The number of unbranched alkanes of at least 4 members (excludes halogenated alkanes) is 46. The lowest BCUT2D eigenvalue weighted by atomic mass is 10.0. The highest BCUT2D eigenvalue weighted by molar-refractivity contribution is 5.76. The van der Waals surface area contributed by atoms with E-state index in [1.54, 1.807) is 0 Å². The van der Waals surface area contributed by atoms with Crippen molar-refractivity contribution < 1.29 is 24.5 Å². The number of esters is 1. The van der Waals surface area contributed by atoms with Gasteiger partial charge in [0.15, 0.2) is 0 Å². The number of aliphatic hydroxyl groups is 2. The molecular weight excluding hydrogens is 851 g/mol. The minimum atomic E-state index is -0.662. The molecule has 0 saturated heterocycles. The van der Waals surface area contributed by atoms with Crippen LogP contribution in [0.1, 0.15) is 354 Å². The van der Waals surface area contributed by atoms with Crippen LogP contribution in [-0.4, -0.2) is 47.4 Å². The molecule has 0 saturated carbocycles. The molecular formula is C63H123NO5. The van der Waals surface area contributed by atoms with Gasteiger partial charge < -0.3 is 20.3 Å². The number of nitrogens with one attached hydrogen (secondary N) is 1. The number of allylic oxidation sites excluding steroid dienone is 2. The SMILES string of the molecule is CCCCCCCCCCCCCCCCCC(=O)OCCCCCCCCCCCCCC/C=C\CCCCCCCCCCCCCC(=O)NC(CO)C(O)CCCCCCCCCCCC. The zero-order valence-electron chi connectivity index (χ0n) is 46.8. The highest BCUT2D eigenvalue weighted by Crippen LogP contribution is 2.18. The highest BCUT2D eigenvalue weighted by atomic mass is 16.5. The minimum absolute atomic E-state index is 0.0185. The molecule has 0 aliphatic carbocycles. The molecule has 0 spiro atoms. The lowest BCUT2D eigenvalue weighted by Gasteiger charge is -2.22. The van der Waals surface area contributed by atoms with Crippen molar-refractivity contribution in [3.05, 3.63) is 12.2 Å². The second-order valence-electron chi connectivity index (χ2n) is 21.7. The van der Waals surface area contributed by atoms with Crippen molar-refractivity contribution >= 4 is 11.9 Å². The lowest BCUT2D eigenvalue weighted by molar-refractivity contribution is -0.143. The molecule has 0 fully saturated rings. The summed E-state index contributed by atoms with van der Waals surface area (Å²) in [7, 11) is 0. The van der Waals surface area contributed by atoms with E-state index in [2.05, 4.69) is 31.3 Å². The van der Waals surface area contributed by atoms with Gasteiger partial charge in [-0.25, -0.2) is 0 Å². The molecule has 1 amide bonds. The number of aliphatic hydroxyl groups excluding tert-OH is 2. The highest BCUT2D eigenvalue weighted by Gasteiger charge is 2.20. The maximum Gasteiger partial charge on any atom is 0.305 e. The van der Waals surface area contributed by atoms with Gasteiger partial charge in [-0.2, -0.15) is 0 Å².